The van der Waals surface area contributed by atoms with Crippen molar-refractivity contribution >= 4 is 0 Å². The van der Waals surface area contributed by atoms with Gasteiger partial charge in [-0.25, -0.2) is 0 Å². The first-order chi connectivity index (χ1) is 5.73. The number of hydrogen-bond acceptors (Lipinski definition) is 1. The summed E-state index contributed by atoms with van der Waals surface area (Å²) in [4.78, 5) is 0. The molecule has 1 unspecified atom stereocenters. The molecule has 0 aromatic rings. The van der Waals surface area contributed by atoms with Crippen LogP contribution < -0.4 is 0 Å². The summed E-state index contributed by atoms with van der Waals surface area (Å²) in [6, 6.07) is 0. The average molecular weight is 170 g/mol. The number of hydrogen-bond donors (Lipinski definition) is 0. The fraction of sp³-hybridized carbons (Fsp3) is 1.00. The summed E-state index contributed by atoms with van der Waals surface area (Å²) in [5.41, 5.74) is 0.172. The maximum absolute atomic E-state index is 5.86. The molecule has 0 spiro atoms. The van der Waals surface area contributed by atoms with Crippen LogP contribution in [0.1, 0.15) is 52.9 Å². The summed E-state index contributed by atoms with van der Waals surface area (Å²) in [6.07, 6.45) is 6.74. The van der Waals surface area contributed by atoms with Gasteiger partial charge in [0.2, 0.25) is 0 Å². The smallest absolute Gasteiger partial charge is 0.0679 e. The molecule has 0 bridgehead atoms. The molecule has 1 atom stereocenters. The van der Waals surface area contributed by atoms with Crippen molar-refractivity contribution in [2.45, 2.75) is 58.5 Å². The van der Waals surface area contributed by atoms with Gasteiger partial charge in [0.25, 0.3) is 0 Å². The lowest BCUT2D eigenvalue weighted by Crippen LogP contribution is -2.35. The Morgan fingerprint density at radius 2 is 1.83 bits per heavy atom. The molecule has 72 valence electrons. The molecule has 1 saturated carbocycles. The summed E-state index contributed by atoms with van der Waals surface area (Å²) in [5.74, 6) is 0.822. The van der Waals surface area contributed by atoms with Crippen molar-refractivity contribution in [3.63, 3.8) is 0 Å². The quantitative estimate of drug-likeness (QED) is 0.628. The van der Waals surface area contributed by atoms with Crippen LogP contribution in [0.5, 0.6) is 0 Å². The molecule has 0 aromatic carbocycles. The van der Waals surface area contributed by atoms with E-state index in [4.69, 9.17) is 4.74 Å². The second-order valence-corrected chi connectivity index (χ2v) is 4.08. The standard InChI is InChI=1S/C11H22O/c1-4-11(3,12-5-2)10-8-6-7-9-10/h10H,4-9H2,1-3H3. The molecular weight excluding hydrogens is 148 g/mol. The highest BCUT2D eigenvalue weighted by atomic mass is 16.5. The molecular formula is C11H22O. The van der Waals surface area contributed by atoms with E-state index in [1.165, 1.54) is 25.7 Å². The predicted octanol–water partition coefficient (Wildman–Crippen LogP) is 3.38. The molecule has 0 saturated heterocycles. The minimum absolute atomic E-state index is 0.172. The van der Waals surface area contributed by atoms with Gasteiger partial charge in [-0.2, -0.15) is 0 Å². The molecule has 0 radical (unpaired) electrons. The molecule has 1 fully saturated rings. The van der Waals surface area contributed by atoms with Crippen LogP contribution in [0.15, 0.2) is 0 Å². The largest absolute Gasteiger partial charge is 0.375 e. The van der Waals surface area contributed by atoms with Gasteiger partial charge in [-0.05, 0) is 39.0 Å². The van der Waals surface area contributed by atoms with Crippen molar-refractivity contribution in [1.82, 2.24) is 0 Å². The third-order valence-corrected chi connectivity index (χ3v) is 3.39. The molecule has 0 heterocycles. The van der Waals surface area contributed by atoms with Gasteiger partial charge in [0.05, 0.1) is 5.60 Å². The molecule has 1 aliphatic carbocycles. The van der Waals surface area contributed by atoms with E-state index in [1.54, 1.807) is 0 Å². The Morgan fingerprint density at radius 1 is 1.25 bits per heavy atom. The second-order valence-electron chi connectivity index (χ2n) is 4.08. The zero-order valence-electron chi connectivity index (χ0n) is 8.73. The first-order valence-corrected chi connectivity index (χ1v) is 5.37. The van der Waals surface area contributed by atoms with Crippen LogP contribution in [-0.4, -0.2) is 12.2 Å². The van der Waals surface area contributed by atoms with Gasteiger partial charge in [0, 0.05) is 6.61 Å². The normalized spacial score (nSPS) is 24.2. The SMILES string of the molecule is CCOC(C)(CC)C1CCCC1. The molecule has 1 aliphatic rings. The highest BCUT2D eigenvalue weighted by molar-refractivity contribution is 4.86. The first kappa shape index (κ1) is 10.0. The molecule has 12 heavy (non-hydrogen) atoms. The number of rotatable bonds is 4. The van der Waals surface area contributed by atoms with E-state index in [0.717, 1.165) is 18.9 Å². The fourth-order valence-electron chi connectivity index (χ4n) is 2.37. The van der Waals surface area contributed by atoms with Gasteiger partial charge in [-0.3, -0.25) is 0 Å². The van der Waals surface area contributed by atoms with Crippen LogP contribution in [0.4, 0.5) is 0 Å². The van der Waals surface area contributed by atoms with Gasteiger partial charge in [0.15, 0.2) is 0 Å². The third kappa shape index (κ3) is 2.01. The van der Waals surface area contributed by atoms with Crippen molar-refractivity contribution in [2.24, 2.45) is 5.92 Å². The summed E-state index contributed by atoms with van der Waals surface area (Å²) in [7, 11) is 0. The second kappa shape index (κ2) is 4.27. The molecule has 1 heteroatoms. The number of ether oxygens (including phenoxy) is 1. The highest BCUT2D eigenvalue weighted by Crippen LogP contribution is 2.38. The maximum Gasteiger partial charge on any atom is 0.0679 e. The van der Waals surface area contributed by atoms with Crippen LogP contribution in [0.2, 0.25) is 0 Å². The molecule has 1 nitrogen and oxygen atoms in total. The lowest BCUT2D eigenvalue weighted by molar-refractivity contribution is -0.0694. The van der Waals surface area contributed by atoms with Gasteiger partial charge in [0.1, 0.15) is 0 Å². The first-order valence-electron chi connectivity index (χ1n) is 5.37. The van der Waals surface area contributed by atoms with E-state index in [-0.39, 0.29) is 5.60 Å². The fourth-order valence-corrected chi connectivity index (χ4v) is 2.37. The van der Waals surface area contributed by atoms with Gasteiger partial charge >= 0.3 is 0 Å². The molecule has 0 aliphatic heterocycles. The van der Waals surface area contributed by atoms with E-state index >= 15 is 0 Å². The average Bonchev–Trinajstić information content (AvgIpc) is 2.57. The minimum Gasteiger partial charge on any atom is -0.375 e. The lowest BCUT2D eigenvalue weighted by atomic mass is 9.85. The van der Waals surface area contributed by atoms with Crippen molar-refractivity contribution in [3.05, 3.63) is 0 Å². The zero-order chi connectivity index (χ0) is 9.03. The van der Waals surface area contributed by atoms with E-state index in [9.17, 15) is 0 Å². The Balaban J connectivity index is 2.51. The Hall–Kier alpha value is -0.0400. The molecule has 1 rings (SSSR count). The van der Waals surface area contributed by atoms with Crippen molar-refractivity contribution < 1.29 is 4.74 Å². The monoisotopic (exact) mass is 170 g/mol. The van der Waals surface area contributed by atoms with Crippen LogP contribution >= 0.6 is 0 Å². The van der Waals surface area contributed by atoms with Crippen LogP contribution in [0.3, 0.4) is 0 Å². The topological polar surface area (TPSA) is 9.23 Å². The van der Waals surface area contributed by atoms with Crippen LogP contribution in [0, 0.1) is 5.92 Å². The maximum atomic E-state index is 5.86. The lowest BCUT2D eigenvalue weighted by Gasteiger charge is -2.34. The van der Waals surface area contributed by atoms with E-state index in [2.05, 4.69) is 20.8 Å². The van der Waals surface area contributed by atoms with Crippen LogP contribution in [-0.2, 0) is 4.74 Å². The van der Waals surface area contributed by atoms with Crippen molar-refractivity contribution in [2.75, 3.05) is 6.61 Å². The summed E-state index contributed by atoms with van der Waals surface area (Å²) in [5, 5.41) is 0. The minimum atomic E-state index is 0.172. The van der Waals surface area contributed by atoms with Crippen molar-refractivity contribution in [1.29, 1.82) is 0 Å². The third-order valence-electron chi connectivity index (χ3n) is 3.39. The predicted molar refractivity (Wildman–Crippen MR) is 52.3 cm³/mol. The Morgan fingerprint density at radius 3 is 2.25 bits per heavy atom. The molecule has 0 aromatic heterocycles. The van der Waals surface area contributed by atoms with E-state index in [0.29, 0.717) is 0 Å². The summed E-state index contributed by atoms with van der Waals surface area (Å²) in [6.45, 7) is 7.49. The van der Waals surface area contributed by atoms with Gasteiger partial charge < -0.3 is 4.74 Å². The molecule has 0 amide bonds. The van der Waals surface area contributed by atoms with Crippen LogP contribution in [0.25, 0.3) is 0 Å². The van der Waals surface area contributed by atoms with Gasteiger partial charge in [-0.1, -0.05) is 19.8 Å². The van der Waals surface area contributed by atoms with Crippen molar-refractivity contribution in [3.8, 4) is 0 Å². The van der Waals surface area contributed by atoms with E-state index in [1.807, 2.05) is 0 Å². The Kier molecular flexibility index (Phi) is 3.57. The Labute approximate surface area is 76.5 Å². The summed E-state index contributed by atoms with van der Waals surface area (Å²) >= 11 is 0. The highest BCUT2D eigenvalue weighted by Gasteiger charge is 2.34. The zero-order valence-corrected chi connectivity index (χ0v) is 8.73. The van der Waals surface area contributed by atoms with E-state index < -0.39 is 0 Å². The Bertz CT molecular complexity index is 127. The molecule has 0 N–H and O–H groups in total. The van der Waals surface area contributed by atoms with Gasteiger partial charge in [-0.15, -0.1) is 0 Å². The summed E-state index contributed by atoms with van der Waals surface area (Å²) < 4.78 is 5.86.